The lowest BCUT2D eigenvalue weighted by Gasteiger charge is -2.22. The zero-order valence-electron chi connectivity index (χ0n) is 12.2. The summed E-state index contributed by atoms with van der Waals surface area (Å²) in [5, 5.41) is 11.8. The van der Waals surface area contributed by atoms with Gasteiger partial charge in [0.05, 0.1) is 12.3 Å². The van der Waals surface area contributed by atoms with E-state index in [0.29, 0.717) is 29.7 Å². The maximum absolute atomic E-state index is 11.5. The second kappa shape index (κ2) is 7.06. The van der Waals surface area contributed by atoms with E-state index in [1.165, 1.54) is 19.3 Å². The van der Waals surface area contributed by atoms with Crippen LogP contribution in [0.3, 0.4) is 0 Å². The van der Waals surface area contributed by atoms with Gasteiger partial charge in [0.1, 0.15) is 5.71 Å². The van der Waals surface area contributed by atoms with Crippen molar-refractivity contribution in [2.75, 3.05) is 6.61 Å². The quantitative estimate of drug-likeness (QED) is 0.494. The molecule has 1 aliphatic carbocycles. The van der Waals surface area contributed by atoms with Crippen LogP contribution in [0.25, 0.3) is 0 Å². The molecule has 0 unspecified atom stereocenters. The fourth-order valence-corrected chi connectivity index (χ4v) is 2.55. The van der Waals surface area contributed by atoms with Gasteiger partial charge in [-0.2, -0.15) is 0 Å². The van der Waals surface area contributed by atoms with Crippen LogP contribution in [0.4, 0.5) is 0 Å². The van der Waals surface area contributed by atoms with Gasteiger partial charge in [0, 0.05) is 0 Å². The number of hydrogen-bond acceptors (Lipinski definition) is 5. The summed E-state index contributed by atoms with van der Waals surface area (Å²) in [5.74, 6) is 0.267. The van der Waals surface area contributed by atoms with Crippen molar-refractivity contribution in [1.29, 1.82) is 0 Å². The van der Waals surface area contributed by atoms with E-state index in [0.717, 1.165) is 12.8 Å². The van der Waals surface area contributed by atoms with Crippen LogP contribution < -0.4 is 10.5 Å². The molecule has 1 amide bonds. The Bertz CT molecular complexity index is 537. The Balaban J connectivity index is 2.12. The minimum Gasteiger partial charge on any atom is -0.491 e. The molecule has 21 heavy (non-hydrogen) atoms. The van der Waals surface area contributed by atoms with E-state index in [2.05, 4.69) is 10.1 Å². The molecule has 114 valence electrons. The predicted octanol–water partition coefficient (Wildman–Crippen LogP) is 2.34. The highest BCUT2D eigenvalue weighted by Gasteiger charge is 2.18. The molecule has 1 fully saturated rings. The van der Waals surface area contributed by atoms with Crippen LogP contribution in [0.15, 0.2) is 17.3 Å². The lowest BCUT2D eigenvalue weighted by Crippen LogP contribution is -2.20. The van der Waals surface area contributed by atoms with Gasteiger partial charge in [0.25, 0.3) is 5.91 Å². The van der Waals surface area contributed by atoms with Gasteiger partial charge < -0.3 is 15.7 Å². The molecule has 0 aliphatic heterocycles. The summed E-state index contributed by atoms with van der Waals surface area (Å²) < 4.78 is 5.74. The van der Waals surface area contributed by atoms with Gasteiger partial charge >= 0.3 is 0 Å². The highest BCUT2D eigenvalue weighted by molar-refractivity contribution is 5.99. The number of oxime groups is 1. The van der Waals surface area contributed by atoms with Crippen LogP contribution in [0.5, 0.6) is 5.75 Å². The molecule has 3 N–H and O–H groups in total. The third-order valence-electron chi connectivity index (χ3n) is 3.81. The summed E-state index contributed by atoms with van der Waals surface area (Å²) in [6.07, 6.45) is 6.08. The topological polar surface area (TPSA) is 97.8 Å². The number of rotatable bonds is 5. The van der Waals surface area contributed by atoms with Crippen molar-refractivity contribution in [2.24, 2.45) is 16.8 Å². The summed E-state index contributed by atoms with van der Waals surface area (Å²) in [7, 11) is 0. The summed E-state index contributed by atoms with van der Waals surface area (Å²) >= 11 is 0. The molecule has 6 heteroatoms. The Morgan fingerprint density at radius 3 is 2.76 bits per heavy atom. The molecule has 2 rings (SSSR count). The number of nitrogens with two attached hydrogens (primary N) is 1. The van der Waals surface area contributed by atoms with E-state index in [4.69, 9.17) is 15.7 Å². The highest BCUT2D eigenvalue weighted by Crippen LogP contribution is 2.25. The van der Waals surface area contributed by atoms with Crippen LogP contribution in [-0.2, 0) is 0 Å². The third-order valence-corrected chi connectivity index (χ3v) is 3.81. The van der Waals surface area contributed by atoms with Gasteiger partial charge in [-0.3, -0.25) is 4.79 Å². The number of carbonyl (C=O) groups excluding carboxylic acids is 1. The number of primary amides is 1. The highest BCUT2D eigenvalue weighted by atomic mass is 16.5. The first kappa shape index (κ1) is 15.3. The number of ether oxygens (including phenoxy) is 1. The summed E-state index contributed by atoms with van der Waals surface area (Å²) in [6, 6.07) is 3.30. The van der Waals surface area contributed by atoms with E-state index < -0.39 is 5.91 Å². The molecule has 0 aromatic carbocycles. The monoisotopic (exact) mass is 291 g/mol. The second-order valence-corrected chi connectivity index (χ2v) is 5.41. The van der Waals surface area contributed by atoms with Crippen molar-refractivity contribution in [3.05, 3.63) is 23.5 Å². The first-order valence-corrected chi connectivity index (χ1v) is 7.24. The summed E-state index contributed by atoms with van der Waals surface area (Å²) in [5.41, 5.74) is 6.14. The first-order valence-electron chi connectivity index (χ1n) is 7.24. The normalized spacial score (nSPS) is 16.7. The van der Waals surface area contributed by atoms with E-state index in [9.17, 15) is 4.79 Å². The van der Waals surface area contributed by atoms with Crippen LogP contribution >= 0.6 is 0 Å². The number of nitrogens with zero attached hydrogens (tertiary/aromatic N) is 2. The molecule has 0 bridgehead atoms. The van der Waals surface area contributed by atoms with E-state index >= 15 is 0 Å². The molecule has 6 nitrogen and oxygen atoms in total. The smallest absolute Gasteiger partial charge is 0.271 e. The van der Waals surface area contributed by atoms with E-state index in [1.54, 1.807) is 19.1 Å². The Hall–Kier alpha value is -2.11. The summed E-state index contributed by atoms with van der Waals surface area (Å²) in [6.45, 7) is 2.17. The zero-order chi connectivity index (χ0) is 15.2. The van der Waals surface area contributed by atoms with Crippen LogP contribution in [0, 0.1) is 5.92 Å². The van der Waals surface area contributed by atoms with Crippen molar-refractivity contribution in [1.82, 2.24) is 4.98 Å². The first-order chi connectivity index (χ1) is 10.1. The molecule has 0 radical (unpaired) electrons. The molecule has 0 atom stereocenters. The minimum atomic E-state index is -0.652. The molecule has 0 spiro atoms. The maximum Gasteiger partial charge on any atom is 0.271 e. The molecule has 1 saturated carbocycles. The van der Waals surface area contributed by atoms with Gasteiger partial charge in [-0.05, 0) is 37.8 Å². The Morgan fingerprint density at radius 2 is 2.14 bits per heavy atom. The average Bonchev–Trinajstić information content (AvgIpc) is 2.52. The lowest BCUT2D eigenvalue weighted by atomic mass is 9.90. The number of amides is 1. The third kappa shape index (κ3) is 3.93. The van der Waals surface area contributed by atoms with E-state index in [-0.39, 0.29) is 5.69 Å². The predicted molar refractivity (Wildman–Crippen MR) is 78.8 cm³/mol. The fraction of sp³-hybridized carbons (Fsp3) is 0.533. The van der Waals surface area contributed by atoms with Gasteiger partial charge in [-0.1, -0.05) is 24.4 Å². The van der Waals surface area contributed by atoms with Gasteiger partial charge in [-0.25, -0.2) is 4.98 Å². The SMILES string of the molecule is C/C(=N/O)c1ccc(OCC2CCCCC2)c(C(N)=O)n1. The van der Waals surface area contributed by atoms with Crippen molar-refractivity contribution in [2.45, 2.75) is 39.0 Å². The molecule has 0 saturated heterocycles. The van der Waals surface area contributed by atoms with E-state index in [1.807, 2.05) is 0 Å². The number of hydrogen-bond donors (Lipinski definition) is 2. The fourth-order valence-electron chi connectivity index (χ4n) is 2.55. The zero-order valence-corrected chi connectivity index (χ0v) is 12.2. The van der Waals surface area contributed by atoms with Crippen molar-refractivity contribution >= 4 is 11.6 Å². The Morgan fingerprint density at radius 1 is 1.43 bits per heavy atom. The van der Waals surface area contributed by atoms with Crippen molar-refractivity contribution in [3.8, 4) is 5.75 Å². The molecule has 1 aromatic rings. The van der Waals surface area contributed by atoms with Crippen LogP contribution in [0.1, 0.15) is 55.2 Å². The lowest BCUT2D eigenvalue weighted by molar-refractivity contribution is 0.0989. The molecular formula is C15H21N3O3. The van der Waals surface area contributed by atoms with Crippen LogP contribution in [0.2, 0.25) is 0 Å². The van der Waals surface area contributed by atoms with Crippen molar-refractivity contribution < 1.29 is 14.7 Å². The molecule has 1 aromatic heterocycles. The maximum atomic E-state index is 11.5. The molecule has 1 heterocycles. The molecular weight excluding hydrogens is 270 g/mol. The standard InChI is InChI=1S/C15H21N3O3/c1-10(18-20)12-7-8-13(14(17-12)15(16)19)21-9-11-5-3-2-4-6-11/h7-8,11,20H,2-6,9H2,1H3,(H2,16,19)/b18-10-. The number of pyridine rings is 1. The van der Waals surface area contributed by atoms with Gasteiger partial charge in [0.15, 0.2) is 11.4 Å². The van der Waals surface area contributed by atoms with Gasteiger partial charge in [-0.15, -0.1) is 0 Å². The van der Waals surface area contributed by atoms with Crippen molar-refractivity contribution in [3.63, 3.8) is 0 Å². The Kier molecular flexibility index (Phi) is 5.14. The second-order valence-electron chi connectivity index (χ2n) is 5.41. The Labute approximate surface area is 124 Å². The number of aromatic nitrogens is 1. The van der Waals surface area contributed by atoms with Crippen LogP contribution in [-0.4, -0.2) is 28.4 Å². The summed E-state index contributed by atoms with van der Waals surface area (Å²) in [4.78, 5) is 15.6. The number of carbonyl (C=O) groups is 1. The largest absolute Gasteiger partial charge is 0.491 e. The minimum absolute atomic E-state index is 0.0753. The molecule has 1 aliphatic rings. The van der Waals surface area contributed by atoms with Gasteiger partial charge in [0.2, 0.25) is 0 Å². The average molecular weight is 291 g/mol.